The number of thiophene rings is 1. The Kier molecular flexibility index (Phi) is 10.3. The standard InChI is InChI=1S/C37H31N2S.C15H18NSi.Ir/c1-23(2)30-21-26(25-13-6-5-7-14-25)22-31(24(3)4)35(30)39-33-19-10-9-18-32(33)38-37(39)29-17-12-16-28-27-15-8-11-20-34(27)40-36(28)29;1-12-5-7-13(8-6-12)15-10-9-14(11-16-15)17(2,3)4;/h5-16,18-24H,1-4H3;5-7,9-11H,1-4H3;/q2*-1;/i;1D3,5D,6D;. The average Bonchev–Trinajstić information content (AvgIpc) is 3.81. The molecule has 3 nitrogen and oxygen atoms in total. The van der Waals surface area contributed by atoms with Gasteiger partial charge >= 0.3 is 0 Å². The van der Waals surface area contributed by atoms with Crippen molar-refractivity contribution in [3.63, 3.8) is 0 Å². The Morgan fingerprint density at radius 1 is 0.759 bits per heavy atom. The Bertz CT molecular complexity index is 3020. The van der Waals surface area contributed by atoms with Crippen LogP contribution in [0.2, 0.25) is 19.6 Å². The van der Waals surface area contributed by atoms with Crippen LogP contribution in [0, 0.1) is 19.0 Å². The number of hydrogen-bond donors (Lipinski definition) is 0. The second-order valence-electron chi connectivity index (χ2n) is 16.1. The SMILES string of the molecule is CC(C)c1cc(-c2ccccc2)cc(C(C)C)c1-n1c(-c2[c-]ccc3c2sc2ccccc23)nc2ccccc21.[2H]c1[c-]c(-c2ccc([Si](C)(C)C)cn2)cc([2H])c1C([2H])([2H])[2H].[Ir]. The summed E-state index contributed by atoms with van der Waals surface area (Å²) in [6.45, 7) is 13.4. The fraction of sp³-hybridized carbons (Fsp3) is 0.192. The second-order valence-corrected chi connectivity index (χ2v) is 22.3. The molecule has 0 bridgehead atoms. The number of imidazole rings is 1. The van der Waals surface area contributed by atoms with Gasteiger partial charge in [0.25, 0.3) is 0 Å². The molecule has 0 aliphatic carbocycles. The van der Waals surface area contributed by atoms with E-state index in [2.05, 4.69) is 172 Å². The summed E-state index contributed by atoms with van der Waals surface area (Å²) < 4.78 is 42.8. The number of nitrogens with zero attached hydrogens (tertiary/aromatic N) is 3. The fourth-order valence-electron chi connectivity index (χ4n) is 7.37. The van der Waals surface area contributed by atoms with E-state index in [4.69, 9.17) is 11.8 Å². The largest absolute Gasteiger partial charge is 0.333 e. The number of para-hydroxylation sites is 2. The van der Waals surface area contributed by atoms with E-state index >= 15 is 0 Å². The molecular formula is C52H49IrN3SSi-2. The van der Waals surface area contributed by atoms with Crippen LogP contribution in [0.4, 0.5) is 0 Å². The molecule has 6 heteroatoms. The number of rotatable bonds is 7. The maximum absolute atomic E-state index is 7.88. The van der Waals surface area contributed by atoms with E-state index in [0.717, 1.165) is 22.4 Å². The molecule has 293 valence electrons. The van der Waals surface area contributed by atoms with Crippen molar-refractivity contribution in [2.75, 3.05) is 0 Å². The third-order valence-electron chi connectivity index (χ3n) is 10.5. The summed E-state index contributed by atoms with van der Waals surface area (Å²) in [7, 11) is -1.43. The monoisotopic (exact) mass is 973 g/mol. The predicted molar refractivity (Wildman–Crippen MR) is 248 cm³/mol. The maximum Gasteiger partial charge on any atom is 0.0795 e. The minimum Gasteiger partial charge on any atom is -0.333 e. The normalized spacial score (nSPS) is 13.1. The second kappa shape index (κ2) is 17.1. The molecule has 3 heterocycles. The van der Waals surface area contributed by atoms with Gasteiger partial charge in [-0.3, -0.25) is 4.98 Å². The van der Waals surface area contributed by atoms with Gasteiger partial charge in [-0.05, 0) is 85.4 Å². The molecule has 0 saturated carbocycles. The Morgan fingerprint density at radius 2 is 1.47 bits per heavy atom. The van der Waals surface area contributed by atoms with Crippen LogP contribution in [0.5, 0.6) is 0 Å². The number of aromatic nitrogens is 3. The molecular weight excluding hydrogens is 919 g/mol. The van der Waals surface area contributed by atoms with Crippen molar-refractivity contribution in [2.45, 2.75) is 66.0 Å². The molecule has 0 unspecified atom stereocenters. The Labute approximate surface area is 369 Å². The molecule has 0 aliphatic heterocycles. The van der Waals surface area contributed by atoms with E-state index in [1.165, 1.54) is 59.4 Å². The maximum atomic E-state index is 7.88. The van der Waals surface area contributed by atoms with E-state index in [1.54, 1.807) is 0 Å². The third kappa shape index (κ3) is 8.17. The zero-order chi connectivity index (χ0) is 44.1. The first-order valence-corrected chi connectivity index (χ1v) is 23.9. The number of fused-ring (bicyclic) bond motifs is 4. The van der Waals surface area contributed by atoms with Gasteiger partial charge in [0.1, 0.15) is 0 Å². The molecule has 1 radical (unpaired) electrons. The Hall–Kier alpha value is -4.97. The van der Waals surface area contributed by atoms with Crippen molar-refractivity contribution in [3.8, 4) is 39.5 Å². The van der Waals surface area contributed by atoms with Crippen molar-refractivity contribution in [1.29, 1.82) is 0 Å². The van der Waals surface area contributed by atoms with Crippen LogP contribution in [0.1, 0.15) is 63.1 Å². The number of benzene rings is 6. The van der Waals surface area contributed by atoms with Crippen molar-refractivity contribution in [3.05, 3.63) is 168 Å². The molecule has 0 spiro atoms. The molecule has 0 N–H and O–H groups in total. The molecule has 0 aliphatic rings. The first-order chi connectivity index (χ1) is 29.5. The molecule has 3 aromatic heterocycles. The quantitative estimate of drug-likeness (QED) is 0.118. The molecule has 9 aromatic rings. The summed E-state index contributed by atoms with van der Waals surface area (Å²) in [5.74, 6) is 1.61. The van der Waals surface area contributed by atoms with Gasteiger partial charge < -0.3 is 9.55 Å². The summed E-state index contributed by atoms with van der Waals surface area (Å²) >= 11 is 1.83. The van der Waals surface area contributed by atoms with Gasteiger partial charge in [-0.15, -0.1) is 53.5 Å². The first kappa shape index (κ1) is 35.0. The van der Waals surface area contributed by atoms with E-state index in [1.807, 2.05) is 29.7 Å². The summed E-state index contributed by atoms with van der Waals surface area (Å²) in [6.07, 6.45) is 1.82. The zero-order valence-corrected chi connectivity index (χ0v) is 38.1. The molecule has 0 amide bonds. The van der Waals surface area contributed by atoms with Crippen LogP contribution in [0.15, 0.2) is 140 Å². The smallest absolute Gasteiger partial charge is 0.0795 e. The van der Waals surface area contributed by atoms with Gasteiger partial charge in [-0.25, -0.2) is 0 Å². The third-order valence-corrected chi connectivity index (χ3v) is 13.7. The molecule has 58 heavy (non-hydrogen) atoms. The number of pyridine rings is 1. The fourth-order valence-corrected chi connectivity index (χ4v) is 9.60. The minimum absolute atomic E-state index is 0. The van der Waals surface area contributed by atoms with Crippen molar-refractivity contribution < 1.29 is 27.0 Å². The van der Waals surface area contributed by atoms with Gasteiger partial charge in [0.2, 0.25) is 0 Å². The van der Waals surface area contributed by atoms with Gasteiger partial charge in [0.15, 0.2) is 0 Å². The van der Waals surface area contributed by atoms with E-state index in [0.29, 0.717) is 23.1 Å². The van der Waals surface area contributed by atoms with Gasteiger partial charge in [-0.1, -0.05) is 138 Å². The first-order valence-electron chi connectivity index (χ1n) is 22.1. The summed E-state index contributed by atoms with van der Waals surface area (Å²) in [5, 5.41) is 3.77. The summed E-state index contributed by atoms with van der Waals surface area (Å²) in [6, 6.07) is 48.2. The van der Waals surface area contributed by atoms with E-state index in [-0.39, 0.29) is 37.8 Å². The summed E-state index contributed by atoms with van der Waals surface area (Å²) in [5.41, 5.74) is 10.4. The Morgan fingerprint density at radius 3 is 2.14 bits per heavy atom. The average molecular weight is 973 g/mol. The van der Waals surface area contributed by atoms with E-state index in [9.17, 15) is 0 Å². The van der Waals surface area contributed by atoms with Crippen molar-refractivity contribution >= 4 is 55.8 Å². The zero-order valence-electron chi connectivity index (χ0n) is 38.9. The molecule has 0 saturated heterocycles. The van der Waals surface area contributed by atoms with Crippen LogP contribution in [0.25, 0.3) is 70.7 Å². The van der Waals surface area contributed by atoms with Crippen molar-refractivity contribution in [2.24, 2.45) is 0 Å². The minimum atomic E-state index is -2.47. The van der Waals surface area contributed by atoms with E-state index < -0.39 is 14.9 Å². The van der Waals surface area contributed by atoms with Crippen molar-refractivity contribution in [1.82, 2.24) is 14.5 Å². The predicted octanol–water partition coefficient (Wildman–Crippen LogP) is 14.2. The molecule has 0 fully saturated rings. The number of hydrogen-bond acceptors (Lipinski definition) is 3. The van der Waals surface area contributed by atoms with Crippen LogP contribution < -0.4 is 5.19 Å². The topological polar surface area (TPSA) is 30.7 Å². The molecule has 0 atom stereocenters. The van der Waals surface area contributed by atoms with Gasteiger partial charge in [0, 0.05) is 43.5 Å². The Balaban J connectivity index is 0.000000221. The van der Waals surface area contributed by atoms with Crippen LogP contribution in [0.3, 0.4) is 0 Å². The summed E-state index contributed by atoms with van der Waals surface area (Å²) in [4.78, 5) is 9.69. The van der Waals surface area contributed by atoms with Crippen LogP contribution >= 0.6 is 11.3 Å². The van der Waals surface area contributed by atoms with Gasteiger partial charge in [-0.2, -0.15) is 11.3 Å². The molecule has 9 rings (SSSR count). The van der Waals surface area contributed by atoms with Crippen LogP contribution in [-0.4, -0.2) is 22.6 Å². The van der Waals surface area contributed by atoms with Crippen LogP contribution in [-0.2, 0) is 20.1 Å². The molecule has 6 aromatic carbocycles. The van der Waals surface area contributed by atoms with Gasteiger partial charge in [0.05, 0.1) is 24.9 Å².